The van der Waals surface area contributed by atoms with Gasteiger partial charge in [0.25, 0.3) is 0 Å². The molecule has 104 valence electrons. The zero-order valence-electron chi connectivity index (χ0n) is 11.6. The molecule has 0 radical (unpaired) electrons. The van der Waals surface area contributed by atoms with Gasteiger partial charge in [0.05, 0.1) is 0 Å². The topological polar surface area (TPSA) is 24.5 Å². The number of nitrogens with one attached hydrogen (secondary N) is 1. The minimum absolute atomic E-state index is 0.716. The molecule has 1 atom stereocenters. The van der Waals surface area contributed by atoms with E-state index in [1.54, 1.807) is 0 Å². The van der Waals surface area contributed by atoms with Crippen molar-refractivity contribution in [1.82, 2.24) is 10.2 Å². The van der Waals surface area contributed by atoms with E-state index >= 15 is 0 Å². The number of likely N-dealkylation sites (tertiary alicyclic amines) is 1. The van der Waals surface area contributed by atoms with Gasteiger partial charge in [-0.15, -0.1) is 0 Å². The van der Waals surface area contributed by atoms with E-state index in [0.29, 0.717) is 6.04 Å². The highest BCUT2D eigenvalue weighted by Gasteiger charge is 2.29. The average Bonchev–Trinajstić information content (AvgIpc) is 2.58. The van der Waals surface area contributed by atoms with Crippen LogP contribution in [-0.2, 0) is 4.74 Å². The first-order valence-corrected chi connectivity index (χ1v) is 7.99. The van der Waals surface area contributed by atoms with Crippen molar-refractivity contribution in [3.8, 4) is 0 Å². The van der Waals surface area contributed by atoms with Crippen LogP contribution >= 0.6 is 0 Å². The molecule has 1 saturated carbocycles. The molecule has 3 nitrogen and oxygen atoms in total. The lowest BCUT2D eigenvalue weighted by molar-refractivity contribution is 0.0891. The van der Waals surface area contributed by atoms with Crippen molar-refractivity contribution in [3.63, 3.8) is 0 Å². The van der Waals surface area contributed by atoms with Crippen LogP contribution in [0.3, 0.4) is 0 Å². The second-order valence-corrected chi connectivity index (χ2v) is 6.30. The molecule has 1 aliphatic carbocycles. The predicted octanol–water partition coefficient (Wildman–Crippen LogP) is 2.16. The van der Waals surface area contributed by atoms with Gasteiger partial charge >= 0.3 is 0 Å². The van der Waals surface area contributed by atoms with Crippen LogP contribution in [0.25, 0.3) is 0 Å². The molecule has 0 aromatic carbocycles. The first kappa shape index (κ1) is 12.9. The highest BCUT2D eigenvalue weighted by molar-refractivity contribution is 4.87. The summed E-state index contributed by atoms with van der Waals surface area (Å²) >= 11 is 0. The molecule has 2 heterocycles. The molecule has 2 aliphatic heterocycles. The quantitative estimate of drug-likeness (QED) is 0.833. The van der Waals surface area contributed by atoms with Crippen LogP contribution in [0.5, 0.6) is 0 Å². The van der Waals surface area contributed by atoms with Crippen LogP contribution in [0.15, 0.2) is 0 Å². The van der Waals surface area contributed by atoms with E-state index in [1.807, 2.05) is 0 Å². The summed E-state index contributed by atoms with van der Waals surface area (Å²) in [4.78, 5) is 2.73. The largest absolute Gasteiger partial charge is 0.381 e. The summed E-state index contributed by atoms with van der Waals surface area (Å²) in [6, 6.07) is 2.43. The highest BCUT2D eigenvalue weighted by atomic mass is 16.5. The second-order valence-electron chi connectivity index (χ2n) is 6.30. The van der Waals surface area contributed by atoms with Gasteiger partial charge in [-0.3, -0.25) is 0 Å². The number of piperidine rings is 1. The lowest BCUT2D eigenvalue weighted by atomic mass is 9.89. The fourth-order valence-electron chi connectivity index (χ4n) is 3.59. The van der Waals surface area contributed by atoms with E-state index in [2.05, 4.69) is 10.2 Å². The Kier molecular flexibility index (Phi) is 4.55. The molecule has 1 N–H and O–H groups in total. The van der Waals surface area contributed by atoms with Crippen molar-refractivity contribution in [2.24, 2.45) is 0 Å². The minimum atomic E-state index is 0.716. The van der Waals surface area contributed by atoms with Crippen molar-refractivity contribution < 1.29 is 4.74 Å². The van der Waals surface area contributed by atoms with E-state index < -0.39 is 0 Å². The van der Waals surface area contributed by atoms with Crippen LogP contribution in [0.2, 0.25) is 0 Å². The third kappa shape index (κ3) is 3.25. The number of hydrogen-bond acceptors (Lipinski definition) is 3. The van der Waals surface area contributed by atoms with Crippen LogP contribution in [-0.4, -0.2) is 49.3 Å². The van der Waals surface area contributed by atoms with Gasteiger partial charge in [-0.25, -0.2) is 0 Å². The summed E-state index contributed by atoms with van der Waals surface area (Å²) in [6.07, 6.45) is 10.8. The maximum Gasteiger partial charge on any atom is 0.0480 e. The first-order chi connectivity index (χ1) is 8.92. The van der Waals surface area contributed by atoms with E-state index in [4.69, 9.17) is 4.74 Å². The van der Waals surface area contributed by atoms with E-state index in [9.17, 15) is 0 Å². The molecule has 0 amide bonds. The summed E-state index contributed by atoms with van der Waals surface area (Å²) in [6.45, 7) is 4.58. The Bertz CT molecular complexity index is 239. The molecule has 0 aromatic heterocycles. The molecular weight excluding hydrogens is 224 g/mol. The maximum atomic E-state index is 5.54. The lowest BCUT2D eigenvalue weighted by Gasteiger charge is -2.42. The number of hydrogen-bond donors (Lipinski definition) is 1. The van der Waals surface area contributed by atoms with Crippen LogP contribution < -0.4 is 5.32 Å². The fraction of sp³-hybridized carbons (Fsp3) is 1.00. The maximum absolute atomic E-state index is 5.54. The summed E-state index contributed by atoms with van der Waals surface area (Å²) in [5.41, 5.74) is 0. The zero-order chi connectivity index (χ0) is 12.2. The number of ether oxygens (including phenoxy) is 1. The molecule has 0 spiro atoms. The monoisotopic (exact) mass is 252 g/mol. The van der Waals surface area contributed by atoms with Crippen molar-refractivity contribution in [3.05, 3.63) is 0 Å². The minimum Gasteiger partial charge on any atom is -0.381 e. The smallest absolute Gasteiger partial charge is 0.0480 e. The van der Waals surface area contributed by atoms with Gasteiger partial charge < -0.3 is 15.0 Å². The summed E-state index contributed by atoms with van der Waals surface area (Å²) in [5, 5.41) is 3.89. The Balaban J connectivity index is 1.39. The van der Waals surface area contributed by atoms with Gasteiger partial charge in [0.2, 0.25) is 0 Å². The van der Waals surface area contributed by atoms with Gasteiger partial charge in [0, 0.05) is 31.3 Å². The van der Waals surface area contributed by atoms with Gasteiger partial charge in [-0.1, -0.05) is 6.42 Å². The molecule has 2 saturated heterocycles. The van der Waals surface area contributed by atoms with Crippen molar-refractivity contribution in [1.29, 1.82) is 0 Å². The number of rotatable bonds is 3. The second kappa shape index (κ2) is 6.36. The Labute approximate surface area is 111 Å². The Hall–Kier alpha value is -0.120. The number of nitrogens with zero attached hydrogens (tertiary/aromatic N) is 1. The zero-order valence-corrected chi connectivity index (χ0v) is 11.6. The predicted molar refractivity (Wildman–Crippen MR) is 73.8 cm³/mol. The van der Waals surface area contributed by atoms with Gasteiger partial charge in [-0.05, 0) is 58.0 Å². The molecule has 3 rings (SSSR count). The van der Waals surface area contributed by atoms with E-state index in [0.717, 1.165) is 25.3 Å². The first-order valence-electron chi connectivity index (χ1n) is 7.99. The Morgan fingerprint density at radius 1 is 0.778 bits per heavy atom. The molecule has 0 bridgehead atoms. The summed E-state index contributed by atoms with van der Waals surface area (Å²) < 4.78 is 5.54. The standard InChI is InChI=1S/C15H28N2O/c1-4-15(5-1)17-9-6-14(7-10-17)16-13-3-2-11-18-12-8-13/h13-16H,1-12H2. The molecule has 3 heteroatoms. The van der Waals surface area contributed by atoms with Crippen LogP contribution in [0.1, 0.15) is 51.4 Å². The van der Waals surface area contributed by atoms with Crippen molar-refractivity contribution in [2.45, 2.75) is 69.5 Å². The SMILES string of the molecule is C1COCCC(NC2CCN(C3CCC3)CC2)C1. The molecule has 1 unspecified atom stereocenters. The van der Waals surface area contributed by atoms with Gasteiger partial charge in [-0.2, -0.15) is 0 Å². The van der Waals surface area contributed by atoms with Crippen molar-refractivity contribution >= 4 is 0 Å². The lowest BCUT2D eigenvalue weighted by Crippen LogP contribution is -2.50. The molecule has 18 heavy (non-hydrogen) atoms. The van der Waals surface area contributed by atoms with Gasteiger partial charge in [0.1, 0.15) is 0 Å². The fourth-order valence-corrected chi connectivity index (χ4v) is 3.59. The summed E-state index contributed by atoms with van der Waals surface area (Å²) in [5.74, 6) is 0. The molecule has 3 aliphatic rings. The molecule has 0 aromatic rings. The Morgan fingerprint density at radius 3 is 2.28 bits per heavy atom. The van der Waals surface area contributed by atoms with Crippen molar-refractivity contribution in [2.75, 3.05) is 26.3 Å². The normalized spacial score (nSPS) is 33.0. The van der Waals surface area contributed by atoms with Crippen LogP contribution in [0.4, 0.5) is 0 Å². The van der Waals surface area contributed by atoms with Crippen LogP contribution in [0, 0.1) is 0 Å². The molecular formula is C15H28N2O. The average molecular weight is 252 g/mol. The third-order valence-electron chi connectivity index (χ3n) is 5.04. The third-order valence-corrected chi connectivity index (χ3v) is 5.04. The van der Waals surface area contributed by atoms with Gasteiger partial charge in [0.15, 0.2) is 0 Å². The highest BCUT2D eigenvalue weighted by Crippen LogP contribution is 2.27. The summed E-state index contributed by atoms with van der Waals surface area (Å²) in [7, 11) is 0. The van der Waals surface area contributed by atoms with E-state index in [-0.39, 0.29) is 0 Å². The molecule has 3 fully saturated rings. The Morgan fingerprint density at radius 2 is 1.56 bits per heavy atom. The van der Waals surface area contributed by atoms with E-state index in [1.165, 1.54) is 64.5 Å².